The predicted octanol–water partition coefficient (Wildman–Crippen LogP) is 4.29. The number of hydrogen-bond acceptors (Lipinski definition) is 6. The second kappa shape index (κ2) is 8.27. The molecule has 0 atom stereocenters. The Hall–Kier alpha value is -3.20. The highest BCUT2D eigenvalue weighted by atomic mass is 32.2. The first-order chi connectivity index (χ1) is 14.5. The van der Waals surface area contributed by atoms with Crippen LogP contribution in [0.3, 0.4) is 0 Å². The molecule has 8 nitrogen and oxygen atoms in total. The average molecular weight is 423 g/mol. The van der Waals surface area contributed by atoms with E-state index in [1.54, 1.807) is 16.7 Å². The van der Waals surface area contributed by atoms with Crippen LogP contribution in [0.5, 0.6) is 0 Å². The molecule has 2 heterocycles. The summed E-state index contributed by atoms with van der Waals surface area (Å²) in [6.07, 6.45) is 0.858. The number of hydrogen-bond donors (Lipinski definition) is 0. The molecule has 154 valence electrons. The van der Waals surface area contributed by atoms with E-state index in [1.165, 1.54) is 17.8 Å². The molecule has 0 aliphatic heterocycles. The van der Waals surface area contributed by atoms with E-state index in [9.17, 15) is 14.9 Å². The van der Waals surface area contributed by atoms with E-state index in [0.717, 1.165) is 17.5 Å². The van der Waals surface area contributed by atoms with E-state index in [0.29, 0.717) is 34.5 Å². The Morgan fingerprint density at radius 3 is 2.70 bits per heavy atom. The van der Waals surface area contributed by atoms with Crippen molar-refractivity contribution in [3.05, 3.63) is 74.6 Å². The molecule has 0 N–H and O–H groups in total. The van der Waals surface area contributed by atoms with Crippen molar-refractivity contribution in [2.45, 2.75) is 37.7 Å². The molecule has 4 aromatic rings. The zero-order valence-corrected chi connectivity index (χ0v) is 17.5. The lowest BCUT2D eigenvalue weighted by atomic mass is 10.1. The molecule has 0 saturated heterocycles. The Labute approximate surface area is 176 Å². The number of benzene rings is 2. The highest BCUT2D eigenvalue weighted by Crippen LogP contribution is 2.26. The van der Waals surface area contributed by atoms with Crippen molar-refractivity contribution in [3.63, 3.8) is 0 Å². The molecule has 4 rings (SSSR count). The molecule has 0 saturated carbocycles. The molecule has 30 heavy (non-hydrogen) atoms. The van der Waals surface area contributed by atoms with Gasteiger partial charge in [0, 0.05) is 24.4 Å². The zero-order chi connectivity index (χ0) is 21.3. The van der Waals surface area contributed by atoms with Gasteiger partial charge in [0.1, 0.15) is 0 Å². The molecule has 0 bridgehead atoms. The van der Waals surface area contributed by atoms with Gasteiger partial charge in [0.15, 0.2) is 5.16 Å². The molecule has 9 heteroatoms. The SMILES string of the molecule is CC(C)CCn1c(=O)c2ccccc2n2c(SCc3cccc([N+](=O)[O-])c3)nnc12. The summed E-state index contributed by atoms with van der Waals surface area (Å²) in [7, 11) is 0. The Morgan fingerprint density at radius 2 is 1.93 bits per heavy atom. The summed E-state index contributed by atoms with van der Waals surface area (Å²) >= 11 is 1.44. The topological polar surface area (TPSA) is 95.3 Å². The van der Waals surface area contributed by atoms with E-state index < -0.39 is 4.92 Å². The largest absolute Gasteiger partial charge is 0.276 e. The van der Waals surface area contributed by atoms with Gasteiger partial charge in [0.05, 0.1) is 15.8 Å². The van der Waals surface area contributed by atoms with E-state index in [4.69, 9.17) is 0 Å². The number of nitro groups is 1. The number of aromatic nitrogens is 4. The van der Waals surface area contributed by atoms with E-state index >= 15 is 0 Å². The summed E-state index contributed by atoms with van der Waals surface area (Å²) in [6, 6.07) is 14.0. The Balaban J connectivity index is 1.77. The molecule has 0 fully saturated rings. The molecule has 0 spiro atoms. The third-order valence-corrected chi connectivity index (χ3v) is 5.90. The first-order valence-corrected chi connectivity index (χ1v) is 10.7. The molecule has 2 aromatic carbocycles. The van der Waals surface area contributed by atoms with Crippen molar-refractivity contribution >= 4 is 34.1 Å². The third kappa shape index (κ3) is 3.80. The van der Waals surface area contributed by atoms with Gasteiger partial charge in [-0.25, -0.2) is 0 Å². The maximum atomic E-state index is 13.1. The van der Waals surface area contributed by atoms with Gasteiger partial charge in [0.2, 0.25) is 5.78 Å². The lowest BCUT2D eigenvalue weighted by molar-refractivity contribution is -0.384. The van der Waals surface area contributed by atoms with Gasteiger partial charge in [-0.15, -0.1) is 10.2 Å². The van der Waals surface area contributed by atoms with Crippen molar-refractivity contribution in [3.8, 4) is 0 Å². The van der Waals surface area contributed by atoms with Crippen molar-refractivity contribution < 1.29 is 4.92 Å². The van der Waals surface area contributed by atoms with E-state index in [-0.39, 0.29) is 11.2 Å². The van der Waals surface area contributed by atoms with Crippen LogP contribution in [-0.4, -0.2) is 24.1 Å². The molecular weight excluding hydrogens is 402 g/mol. The summed E-state index contributed by atoms with van der Waals surface area (Å²) in [5.74, 6) is 1.47. The van der Waals surface area contributed by atoms with Crippen LogP contribution in [-0.2, 0) is 12.3 Å². The van der Waals surface area contributed by atoms with Crippen LogP contribution in [0.1, 0.15) is 25.8 Å². The Bertz CT molecular complexity index is 1300. The number of nitrogens with zero attached hydrogens (tertiary/aromatic N) is 5. The number of fused-ring (bicyclic) bond motifs is 3. The lowest BCUT2D eigenvalue weighted by Gasteiger charge is -2.12. The molecule has 0 aliphatic rings. The van der Waals surface area contributed by atoms with Gasteiger partial charge in [-0.2, -0.15) is 0 Å². The molecule has 0 radical (unpaired) electrons. The first-order valence-electron chi connectivity index (χ1n) is 9.68. The molecular formula is C21H21N5O3S. The summed E-state index contributed by atoms with van der Waals surface area (Å²) in [4.78, 5) is 23.7. The van der Waals surface area contributed by atoms with Gasteiger partial charge in [-0.05, 0) is 30.0 Å². The summed E-state index contributed by atoms with van der Waals surface area (Å²) in [6.45, 7) is 4.80. The fraction of sp³-hybridized carbons (Fsp3) is 0.286. The molecule has 0 aliphatic carbocycles. The Kier molecular flexibility index (Phi) is 5.54. The minimum Gasteiger partial charge on any atom is -0.276 e. The number of non-ortho nitro benzene ring substituents is 1. The molecule has 0 amide bonds. The fourth-order valence-electron chi connectivity index (χ4n) is 3.32. The van der Waals surface area contributed by atoms with Gasteiger partial charge in [-0.1, -0.05) is 49.9 Å². The van der Waals surface area contributed by atoms with Gasteiger partial charge in [-0.3, -0.25) is 23.9 Å². The number of rotatable bonds is 7. The summed E-state index contributed by atoms with van der Waals surface area (Å²) in [5, 5.41) is 20.9. The second-order valence-electron chi connectivity index (χ2n) is 7.49. The normalized spacial score (nSPS) is 11.6. The quantitative estimate of drug-likeness (QED) is 0.250. The first kappa shape index (κ1) is 20.1. The van der Waals surface area contributed by atoms with Crippen LogP contribution < -0.4 is 5.56 Å². The highest BCUT2D eigenvalue weighted by Gasteiger charge is 2.17. The monoisotopic (exact) mass is 423 g/mol. The number of thioether (sulfide) groups is 1. The highest BCUT2D eigenvalue weighted by molar-refractivity contribution is 7.98. The van der Waals surface area contributed by atoms with Gasteiger partial charge >= 0.3 is 0 Å². The predicted molar refractivity (Wildman–Crippen MR) is 117 cm³/mol. The summed E-state index contributed by atoms with van der Waals surface area (Å²) in [5.41, 5.74) is 1.57. The fourth-order valence-corrected chi connectivity index (χ4v) is 4.21. The van der Waals surface area contributed by atoms with Gasteiger partial charge in [0.25, 0.3) is 11.2 Å². The van der Waals surface area contributed by atoms with Crippen LogP contribution in [0.4, 0.5) is 5.69 Å². The van der Waals surface area contributed by atoms with Crippen molar-refractivity contribution in [1.29, 1.82) is 0 Å². The third-order valence-electron chi connectivity index (χ3n) is 4.90. The molecule has 0 unspecified atom stereocenters. The summed E-state index contributed by atoms with van der Waals surface area (Å²) < 4.78 is 3.59. The van der Waals surface area contributed by atoms with Crippen molar-refractivity contribution in [1.82, 2.24) is 19.2 Å². The van der Waals surface area contributed by atoms with Gasteiger partial charge < -0.3 is 0 Å². The van der Waals surface area contributed by atoms with Crippen LogP contribution in [0.15, 0.2) is 58.5 Å². The maximum Gasteiger partial charge on any atom is 0.269 e. The van der Waals surface area contributed by atoms with Crippen LogP contribution in [0, 0.1) is 16.0 Å². The average Bonchev–Trinajstić information content (AvgIpc) is 3.16. The second-order valence-corrected chi connectivity index (χ2v) is 8.43. The van der Waals surface area contributed by atoms with Crippen LogP contribution in [0.25, 0.3) is 16.7 Å². The Morgan fingerprint density at radius 1 is 1.13 bits per heavy atom. The minimum absolute atomic E-state index is 0.0622. The van der Waals surface area contributed by atoms with Crippen LogP contribution in [0.2, 0.25) is 0 Å². The molecule has 2 aromatic heterocycles. The maximum absolute atomic E-state index is 13.1. The van der Waals surface area contributed by atoms with Crippen LogP contribution >= 0.6 is 11.8 Å². The van der Waals surface area contributed by atoms with E-state index in [1.807, 2.05) is 34.7 Å². The zero-order valence-electron chi connectivity index (χ0n) is 16.7. The van der Waals surface area contributed by atoms with Crippen molar-refractivity contribution in [2.24, 2.45) is 5.92 Å². The minimum atomic E-state index is -0.401. The number of nitro benzene ring substituents is 1. The number of aryl methyl sites for hydroxylation is 1. The number of para-hydroxylation sites is 1. The smallest absolute Gasteiger partial charge is 0.269 e. The standard InChI is InChI=1S/C21H21N5O3S/c1-14(2)10-11-24-19(27)17-8-3-4-9-18(17)25-20(24)22-23-21(25)30-13-15-6-5-7-16(12-15)26(28)29/h3-9,12,14H,10-11,13H2,1-2H3. The van der Waals surface area contributed by atoms with E-state index in [2.05, 4.69) is 24.0 Å². The lowest BCUT2D eigenvalue weighted by Crippen LogP contribution is -2.24. The van der Waals surface area contributed by atoms with Crippen molar-refractivity contribution in [2.75, 3.05) is 0 Å².